The number of ether oxygens (including phenoxy) is 3. The highest BCUT2D eigenvalue weighted by Gasteiger charge is 2.41. The molecule has 146 valence electrons. The molecule has 5 nitrogen and oxygen atoms in total. The first-order chi connectivity index (χ1) is 13.6. The van der Waals surface area contributed by atoms with Gasteiger partial charge in [0.1, 0.15) is 17.6 Å². The summed E-state index contributed by atoms with van der Waals surface area (Å²) in [6.45, 7) is 0. The summed E-state index contributed by atoms with van der Waals surface area (Å²) in [6.07, 6.45) is 5.88. The van der Waals surface area contributed by atoms with E-state index in [2.05, 4.69) is 0 Å². The van der Waals surface area contributed by atoms with Gasteiger partial charge in [-0.05, 0) is 79.6 Å². The van der Waals surface area contributed by atoms with Crippen molar-refractivity contribution in [1.82, 2.24) is 0 Å². The molecule has 0 heterocycles. The van der Waals surface area contributed by atoms with E-state index in [-0.39, 0.29) is 12.1 Å². The van der Waals surface area contributed by atoms with Gasteiger partial charge in [0.15, 0.2) is 0 Å². The van der Waals surface area contributed by atoms with Crippen molar-refractivity contribution < 1.29 is 23.8 Å². The van der Waals surface area contributed by atoms with Gasteiger partial charge in [-0.25, -0.2) is 9.59 Å². The van der Waals surface area contributed by atoms with Crippen molar-refractivity contribution in [2.45, 2.75) is 38.2 Å². The molecule has 0 saturated heterocycles. The average Bonchev–Trinajstić information content (AvgIpc) is 3.34. The van der Waals surface area contributed by atoms with Crippen molar-refractivity contribution in [3.8, 4) is 11.5 Å². The number of hydrogen-bond donors (Lipinski definition) is 0. The zero-order valence-electron chi connectivity index (χ0n) is 15.9. The molecule has 0 radical (unpaired) electrons. The normalized spacial score (nSPS) is 23.1. The van der Waals surface area contributed by atoms with Gasteiger partial charge < -0.3 is 14.2 Å². The second-order valence-electron chi connectivity index (χ2n) is 7.52. The Labute approximate surface area is 164 Å². The fourth-order valence-corrected chi connectivity index (χ4v) is 4.41. The van der Waals surface area contributed by atoms with E-state index in [1.165, 1.54) is 25.7 Å². The molecule has 2 fully saturated rings. The molecule has 0 bridgehead atoms. The molecular weight excluding hydrogens is 356 g/mol. The van der Waals surface area contributed by atoms with Gasteiger partial charge in [-0.2, -0.15) is 0 Å². The van der Waals surface area contributed by atoms with E-state index in [1.807, 2.05) is 0 Å². The predicted octanol–water partition coefficient (Wildman–Crippen LogP) is 4.65. The van der Waals surface area contributed by atoms with Gasteiger partial charge in [-0.3, -0.25) is 0 Å². The van der Waals surface area contributed by atoms with Crippen molar-refractivity contribution >= 4 is 11.9 Å². The molecule has 28 heavy (non-hydrogen) atoms. The van der Waals surface area contributed by atoms with Crippen LogP contribution in [-0.2, 0) is 4.74 Å². The number of carbonyl (C=O) groups is 2. The van der Waals surface area contributed by atoms with Gasteiger partial charge in [0.25, 0.3) is 0 Å². The van der Waals surface area contributed by atoms with E-state index in [1.54, 1.807) is 55.6 Å². The number of hydrogen-bond acceptors (Lipinski definition) is 5. The Morgan fingerprint density at radius 2 is 1.43 bits per heavy atom. The second kappa shape index (κ2) is 8.05. The third-order valence-electron chi connectivity index (χ3n) is 5.90. The van der Waals surface area contributed by atoms with Crippen LogP contribution in [0.2, 0.25) is 0 Å². The third-order valence-corrected chi connectivity index (χ3v) is 5.90. The minimum Gasteiger partial charge on any atom is -0.497 e. The van der Waals surface area contributed by atoms with Crippen LogP contribution in [0.15, 0.2) is 48.5 Å². The van der Waals surface area contributed by atoms with Crippen LogP contribution in [-0.4, -0.2) is 25.2 Å². The highest BCUT2D eigenvalue weighted by atomic mass is 16.5. The lowest BCUT2D eigenvalue weighted by molar-refractivity contribution is 0.0194. The van der Waals surface area contributed by atoms with Gasteiger partial charge >= 0.3 is 11.9 Å². The maximum absolute atomic E-state index is 12.5. The number of methoxy groups -OCH3 is 1. The predicted molar refractivity (Wildman–Crippen MR) is 104 cm³/mol. The summed E-state index contributed by atoms with van der Waals surface area (Å²) in [5, 5.41) is 0. The largest absolute Gasteiger partial charge is 0.497 e. The van der Waals surface area contributed by atoms with Crippen LogP contribution in [0.4, 0.5) is 0 Å². The van der Waals surface area contributed by atoms with Crippen molar-refractivity contribution in [2.75, 3.05) is 7.11 Å². The molecule has 0 amide bonds. The van der Waals surface area contributed by atoms with E-state index in [4.69, 9.17) is 14.2 Å². The summed E-state index contributed by atoms with van der Waals surface area (Å²) in [5.74, 6) is 1.56. The maximum Gasteiger partial charge on any atom is 0.343 e. The molecule has 0 N–H and O–H groups in total. The molecule has 2 aromatic carbocycles. The average molecular weight is 380 g/mol. The quantitative estimate of drug-likeness (QED) is 0.558. The van der Waals surface area contributed by atoms with E-state index in [9.17, 15) is 9.59 Å². The Bertz CT molecular complexity index is 840. The zero-order valence-corrected chi connectivity index (χ0v) is 15.9. The molecule has 0 spiro atoms. The summed E-state index contributed by atoms with van der Waals surface area (Å²) in [6, 6.07) is 13.2. The Morgan fingerprint density at radius 1 is 0.786 bits per heavy atom. The van der Waals surface area contributed by atoms with E-state index < -0.39 is 5.97 Å². The highest BCUT2D eigenvalue weighted by Crippen LogP contribution is 2.45. The van der Waals surface area contributed by atoms with Gasteiger partial charge in [0, 0.05) is 0 Å². The minimum absolute atomic E-state index is 0.0487. The van der Waals surface area contributed by atoms with E-state index in [0.29, 0.717) is 28.5 Å². The van der Waals surface area contributed by atoms with Crippen LogP contribution in [0.1, 0.15) is 52.8 Å². The molecule has 2 aliphatic rings. The summed E-state index contributed by atoms with van der Waals surface area (Å²) >= 11 is 0. The van der Waals surface area contributed by atoms with Crippen LogP contribution in [0.3, 0.4) is 0 Å². The minimum atomic E-state index is -0.462. The lowest BCUT2D eigenvalue weighted by atomic mass is 9.99. The number of rotatable bonds is 5. The van der Waals surface area contributed by atoms with Gasteiger partial charge in [-0.15, -0.1) is 0 Å². The topological polar surface area (TPSA) is 61.8 Å². The first-order valence-corrected chi connectivity index (χ1v) is 9.81. The molecule has 2 saturated carbocycles. The van der Waals surface area contributed by atoms with Crippen molar-refractivity contribution in [3.63, 3.8) is 0 Å². The van der Waals surface area contributed by atoms with E-state index in [0.717, 1.165) is 12.3 Å². The molecule has 3 atom stereocenters. The van der Waals surface area contributed by atoms with Crippen LogP contribution in [0.25, 0.3) is 0 Å². The molecule has 2 unspecified atom stereocenters. The Balaban J connectivity index is 1.35. The molecular formula is C23H24O5. The Hall–Kier alpha value is -2.82. The lowest BCUT2D eigenvalue weighted by Crippen LogP contribution is -2.22. The monoisotopic (exact) mass is 380 g/mol. The SMILES string of the molecule is COc1ccc(C(=O)Oc2ccc(C(=O)O[C@@H]3CCC4CCCC43)cc2)cc1. The molecule has 5 heteroatoms. The summed E-state index contributed by atoms with van der Waals surface area (Å²) in [5.41, 5.74) is 0.905. The van der Waals surface area contributed by atoms with Crippen molar-refractivity contribution in [3.05, 3.63) is 59.7 Å². The Morgan fingerprint density at radius 3 is 2.11 bits per heavy atom. The molecule has 0 aromatic heterocycles. The van der Waals surface area contributed by atoms with Crippen LogP contribution >= 0.6 is 0 Å². The second-order valence-corrected chi connectivity index (χ2v) is 7.52. The number of benzene rings is 2. The molecule has 4 rings (SSSR count). The van der Waals surface area contributed by atoms with Gasteiger partial charge in [0.05, 0.1) is 18.2 Å². The zero-order chi connectivity index (χ0) is 19.5. The summed E-state index contributed by atoms with van der Waals surface area (Å²) < 4.78 is 16.2. The van der Waals surface area contributed by atoms with Crippen molar-refractivity contribution in [1.29, 1.82) is 0 Å². The van der Waals surface area contributed by atoms with Crippen molar-refractivity contribution in [2.24, 2.45) is 11.8 Å². The lowest BCUT2D eigenvalue weighted by Gasteiger charge is -2.19. The summed E-state index contributed by atoms with van der Waals surface area (Å²) in [7, 11) is 1.57. The molecule has 2 aliphatic carbocycles. The van der Waals surface area contributed by atoms with Gasteiger partial charge in [-0.1, -0.05) is 12.8 Å². The van der Waals surface area contributed by atoms with E-state index >= 15 is 0 Å². The van der Waals surface area contributed by atoms with Crippen LogP contribution < -0.4 is 9.47 Å². The maximum atomic E-state index is 12.5. The fraction of sp³-hybridized carbons (Fsp3) is 0.391. The number of carbonyl (C=O) groups excluding carboxylic acids is 2. The third kappa shape index (κ3) is 3.88. The summed E-state index contributed by atoms with van der Waals surface area (Å²) in [4.78, 5) is 24.7. The van der Waals surface area contributed by atoms with Gasteiger partial charge in [0.2, 0.25) is 0 Å². The van der Waals surface area contributed by atoms with Crippen LogP contribution in [0, 0.1) is 11.8 Å². The number of fused-ring (bicyclic) bond motifs is 1. The smallest absolute Gasteiger partial charge is 0.343 e. The fourth-order valence-electron chi connectivity index (χ4n) is 4.41. The number of esters is 2. The highest BCUT2D eigenvalue weighted by molar-refractivity contribution is 5.92. The van der Waals surface area contributed by atoms with Crippen LogP contribution in [0.5, 0.6) is 11.5 Å². The molecule has 0 aliphatic heterocycles. The Kier molecular flexibility index (Phi) is 5.33. The first-order valence-electron chi connectivity index (χ1n) is 9.81. The first kappa shape index (κ1) is 18.5. The molecule has 2 aromatic rings. The standard InChI is InChI=1S/C23H24O5/c1-26-18-10-5-16(6-11-18)22(24)27-19-12-7-17(8-13-19)23(25)28-21-14-9-15-3-2-4-20(15)21/h5-8,10-13,15,20-21H,2-4,9,14H2,1H3/t15?,20?,21-/m1/s1.